The number of ether oxygens (including phenoxy) is 2. The highest BCUT2D eigenvalue weighted by Crippen LogP contribution is 2.43. The fraction of sp³-hybridized carbons (Fsp3) is 0.0870. The minimum Gasteiger partial charge on any atom is -0.497 e. The second-order valence-electron chi connectivity index (χ2n) is 6.67. The summed E-state index contributed by atoms with van der Waals surface area (Å²) in [7, 11) is 3.14. The Balaban J connectivity index is 1.94. The third-order valence-corrected chi connectivity index (χ3v) is 6.05. The summed E-state index contributed by atoms with van der Waals surface area (Å²) >= 11 is 1.16. The maximum Gasteiger partial charge on any atom is 0.205 e. The molecule has 0 saturated heterocycles. The molecular weight excluding hydrogens is 412 g/mol. The van der Waals surface area contributed by atoms with Gasteiger partial charge < -0.3 is 20.9 Å². The van der Waals surface area contributed by atoms with Crippen LogP contribution in [-0.4, -0.2) is 25.0 Å². The molecule has 2 heterocycles. The second-order valence-corrected chi connectivity index (χ2v) is 7.67. The van der Waals surface area contributed by atoms with Gasteiger partial charge >= 0.3 is 0 Å². The van der Waals surface area contributed by atoms with E-state index in [0.717, 1.165) is 16.9 Å². The van der Waals surface area contributed by atoms with Gasteiger partial charge in [0, 0.05) is 16.5 Å². The van der Waals surface area contributed by atoms with Crippen molar-refractivity contribution in [2.45, 2.75) is 0 Å². The fourth-order valence-corrected chi connectivity index (χ4v) is 4.45. The number of pyridine rings is 1. The Kier molecular flexibility index (Phi) is 5.19. The standard InChI is InChI=1S/C23H18N4O3S/c1-29-14-7-3-12(4-8-14)17-16(11-24)22(26)27-23-18(17)19(25)21(31-23)20(28)13-5-9-15(30-2)10-6-13/h3-10H,25H2,1-2H3,(H2,26,27). The predicted molar refractivity (Wildman–Crippen MR) is 122 cm³/mol. The first kappa shape index (κ1) is 20.2. The van der Waals surface area contributed by atoms with Crippen molar-refractivity contribution in [3.05, 3.63) is 64.5 Å². The van der Waals surface area contributed by atoms with Crippen molar-refractivity contribution >= 4 is 38.8 Å². The number of rotatable bonds is 5. The van der Waals surface area contributed by atoms with E-state index in [9.17, 15) is 10.1 Å². The Morgan fingerprint density at radius 1 is 1.00 bits per heavy atom. The Bertz CT molecular complexity index is 1340. The Labute approximate surface area is 182 Å². The summed E-state index contributed by atoms with van der Waals surface area (Å²) in [4.78, 5) is 18.3. The van der Waals surface area contributed by atoms with Crippen LogP contribution in [0.5, 0.6) is 11.5 Å². The number of nitrogens with two attached hydrogens (primary N) is 2. The average molecular weight is 430 g/mol. The molecule has 154 valence electrons. The molecule has 4 N–H and O–H groups in total. The summed E-state index contributed by atoms with van der Waals surface area (Å²) in [6.07, 6.45) is 0. The molecule has 0 bridgehead atoms. The first-order chi connectivity index (χ1) is 15.0. The zero-order valence-corrected chi connectivity index (χ0v) is 17.6. The van der Waals surface area contributed by atoms with Crippen molar-refractivity contribution in [1.29, 1.82) is 5.26 Å². The third-order valence-electron chi connectivity index (χ3n) is 4.95. The molecular formula is C23H18N4O3S. The van der Waals surface area contributed by atoms with E-state index in [1.54, 1.807) is 50.6 Å². The molecule has 4 rings (SSSR count). The molecule has 2 aromatic heterocycles. The van der Waals surface area contributed by atoms with Crippen molar-refractivity contribution < 1.29 is 14.3 Å². The number of nitrogens with zero attached hydrogens (tertiary/aromatic N) is 2. The number of carbonyl (C=O) groups excluding carboxylic acids is 1. The van der Waals surface area contributed by atoms with E-state index in [-0.39, 0.29) is 22.9 Å². The monoisotopic (exact) mass is 430 g/mol. The average Bonchev–Trinajstić information content (AvgIpc) is 3.13. The van der Waals surface area contributed by atoms with Crippen LogP contribution in [0.2, 0.25) is 0 Å². The Morgan fingerprint density at radius 2 is 1.58 bits per heavy atom. The lowest BCUT2D eigenvalue weighted by Crippen LogP contribution is -2.03. The van der Waals surface area contributed by atoms with Crippen LogP contribution in [0.25, 0.3) is 21.3 Å². The lowest BCUT2D eigenvalue weighted by atomic mass is 9.96. The summed E-state index contributed by atoms with van der Waals surface area (Å²) in [5.74, 6) is 1.18. The van der Waals surface area contributed by atoms with Crippen LogP contribution in [0, 0.1) is 11.3 Å². The molecule has 2 aromatic carbocycles. The van der Waals surface area contributed by atoms with E-state index in [0.29, 0.717) is 37.7 Å². The Hall–Kier alpha value is -4.09. The molecule has 0 aliphatic carbocycles. The van der Waals surface area contributed by atoms with Crippen LogP contribution >= 0.6 is 11.3 Å². The van der Waals surface area contributed by atoms with Crippen LogP contribution in [-0.2, 0) is 0 Å². The van der Waals surface area contributed by atoms with Crippen molar-refractivity contribution in [2.75, 3.05) is 25.7 Å². The maximum absolute atomic E-state index is 13.2. The van der Waals surface area contributed by atoms with Crippen LogP contribution in [0.4, 0.5) is 11.5 Å². The number of ketones is 1. The molecule has 4 aromatic rings. The molecule has 0 spiro atoms. The zero-order valence-electron chi connectivity index (χ0n) is 16.8. The van der Waals surface area contributed by atoms with Crippen molar-refractivity contribution in [3.8, 4) is 28.7 Å². The smallest absolute Gasteiger partial charge is 0.205 e. The normalized spacial score (nSPS) is 10.6. The number of hydrogen-bond acceptors (Lipinski definition) is 8. The first-order valence-electron chi connectivity index (χ1n) is 9.23. The van der Waals surface area contributed by atoms with Crippen LogP contribution in [0.3, 0.4) is 0 Å². The van der Waals surface area contributed by atoms with E-state index in [2.05, 4.69) is 11.1 Å². The first-order valence-corrected chi connectivity index (χ1v) is 10.0. The summed E-state index contributed by atoms with van der Waals surface area (Å²) in [5.41, 5.74) is 14.8. The number of nitrogen functional groups attached to an aromatic ring is 2. The summed E-state index contributed by atoms with van der Waals surface area (Å²) in [5, 5.41) is 10.3. The van der Waals surface area contributed by atoms with E-state index in [1.165, 1.54) is 0 Å². The number of thiophene rings is 1. The molecule has 0 fully saturated rings. The van der Waals surface area contributed by atoms with Crippen molar-refractivity contribution in [1.82, 2.24) is 4.98 Å². The predicted octanol–water partition coefficient (Wildman–Crippen LogP) is 4.25. The quantitative estimate of drug-likeness (QED) is 0.454. The van der Waals surface area contributed by atoms with Crippen molar-refractivity contribution in [2.24, 2.45) is 0 Å². The van der Waals surface area contributed by atoms with Gasteiger partial charge in [0.05, 0.1) is 19.9 Å². The number of carbonyl (C=O) groups is 1. The van der Waals surface area contributed by atoms with Gasteiger partial charge in [0.1, 0.15) is 38.7 Å². The minimum absolute atomic E-state index is 0.0884. The molecule has 8 heteroatoms. The van der Waals surface area contributed by atoms with E-state index in [1.807, 2.05) is 12.1 Å². The fourth-order valence-electron chi connectivity index (χ4n) is 3.37. The highest BCUT2D eigenvalue weighted by Gasteiger charge is 2.25. The van der Waals surface area contributed by atoms with Gasteiger partial charge in [0.15, 0.2) is 0 Å². The molecule has 0 radical (unpaired) electrons. The van der Waals surface area contributed by atoms with Gasteiger partial charge in [-0.25, -0.2) is 4.98 Å². The molecule has 0 amide bonds. The lowest BCUT2D eigenvalue weighted by molar-refractivity contribution is 0.104. The number of nitriles is 1. The molecule has 31 heavy (non-hydrogen) atoms. The summed E-state index contributed by atoms with van der Waals surface area (Å²) in [6, 6.07) is 16.1. The largest absolute Gasteiger partial charge is 0.497 e. The van der Waals surface area contributed by atoms with Crippen LogP contribution in [0.1, 0.15) is 20.8 Å². The molecule has 0 aliphatic rings. The Morgan fingerprint density at radius 3 is 2.13 bits per heavy atom. The number of methoxy groups -OCH3 is 2. The third kappa shape index (κ3) is 3.41. The van der Waals surface area contributed by atoms with Gasteiger partial charge in [-0.15, -0.1) is 11.3 Å². The van der Waals surface area contributed by atoms with E-state index < -0.39 is 0 Å². The molecule has 0 unspecified atom stereocenters. The van der Waals surface area contributed by atoms with Crippen LogP contribution < -0.4 is 20.9 Å². The number of anilines is 2. The summed E-state index contributed by atoms with van der Waals surface area (Å²) in [6.45, 7) is 0. The topological polar surface area (TPSA) is 124 Å². The molecule has 0 aliphatic heterocycles. The second kappa shape index (κ2) is 7.97. The summed E-state index contributed by atoms with van der Waals surface area (Å²) < 4.78 is 10.4. The molecule has 0 atom stereocenters. The molecule has 7 nitrogen and oxygen atoms in total. The molecule has 0 saturated carbocycles. The van der Waals surface area contributed by atoms with Gasteiger partial charge in [-0.2, -0.15) is 5.26 Å². The van der Waals surface area contributed by atoms with Crippen molar-refractivity contribution in [3.63, 3.8) is 0 Å². The lowest BCUT2D eigenvalue weighted by Gasteiger charge is -2.10. The SMILES string of the molecule is COc1ccc(C(=O)c2sc3nc(N)c(C#N)c(-c4ccc(OC)cc4)c3c2N)cc1. The minimum atomic E-state index is -0.235. The van der Waals surface area contributed by atoms with E-state index in [4.69, 9.17) is 20.9 Å². The number of hydrogen-bond donors (Lipinski definition) is 2. The number of fused-ring (bicyclic) bond motifs is 1. The number of aromatic nitrogens is 1. The number of benzene rings is 2. The van der Waals surface area contributed by atoms with Gasteiger partial charge in [-0.3, -0.25) is 4.79 Å². The van der Waals surface area contributed by atoms with Gasteiger partial charge in [0.25, 0.3) is 0 Å². The van der Waals surface area contributed by atoms with Gasteiger partial charge in [0.2, 0.25) is 5.78 Å². The van der Waals surface area contributed by atoms with Crippen LogP contribution in [0.15, 0.2) is 48.5 Å². The zero-order chi connectivity index (χ0) is 22.1. The van der Waals surface area contributed by atoms with Gasteiger partial charge in [-0.1, -0.05) is 12.1 Å². The van der Waals surface area contributed by atoms with E-state index >= 15 is 0 Å². The maximum atomic E-state index is 13.2. The van der Waals surface area contributed by atoms with Gasteiger partial charge in [-0.05, 0) is 42.0 Å². The highest BCUT2D eigenvalue weighted by molar-refractivity contribution is 7.21. The highest BCUT2D eigenvalue weighted by atomic mass is 32.1.